The van der Waals surface area contributed by atoms with Crippen LogP contribution in [0.2, 0.25) is 0 Å². The van der Waals surface area contributed by atoms with Crippen LogP contribution in [-0.2, 0) is 15.3 Å². The molecule has 0 saturated heterocycles. The number of esters is 1. The zero-order valence-electron chi connectivity index (χ0n) is 8.94. The van der Waals surface area contributed by atoms with Crippen molar-refractivity contribution in [2.75, 3.05) is 12.9 Å². The molecule has 3 heteroatoms. The molecule has 0 unspecified atom stereocenters. The predicted octanol–water partition coefficient (Wildman–Crippen LogP) is 2.87. The van der Waals surface area contributed by atoms with Gasteiger partial charge in [0.15, 0.2) is 0 Å². The van der Waals surface area contributed by atoms with Gasteiger partial charge in [0, 0.05) is 12.2 Å². The highest BCUT2D eigenvalue weighted by atomic mass is 32.2. The normalized spacial score (nSPS) is 9.93. The molecule has 0 saturated carbocycles. The number of carbonyl (C=O) groups is 1. The van der Waals surface area contributed by atoms with Gasteiger partial charge in [-0.1, -0.05) is 30.3 Å². The maximum Gasteiger partial charge on any atom is 0.305 e. The molecule has 0 aliphatic heterocycles. The number of benzene rings is 1. The van der Waals surface area contributed by atoms with Gasteiger partial charge in [-0.3, -0.25) is 4.79 Å². The quantitative estimate of drug-likeness (QED) is 0.549. The second kappa shape index (κ2) is 7.35. The molecule has 0 N–H and O–H groups in total. The minimum Gasteiger partial charge on any atom is -0.469 e. The van der Waals surface area contributed by atoms with Crippen molar-refractivity contribution in [2.24, 2.45) is 0 Å². The van der Waals surface area contributed by atoms with Crippen molar-refractivity contribution in [3.63, 3.8) is 0 Å². The van der Waals surface area contributed by atoms with E-state index in [-0.39, 0.29) is 5.97 Å². The number of ether oxygens (including phenoxy) is 1. The third-order valence-corrected chi connectivity index (χ3v) is 3.12. The fourth-order valence-corrected chi connectivity index (χ4v) is 2.11. The Kier molecular flexibility index (Phi) is 5.93. The standard InChI is InChI=1S/C12H16O2S/c1-14-12(13)8-5-9-15-10-11-6-3-2-4-7-11/h2-4,6-7H,5,8-10H2,1H3. The number of rotatable bonds is 6. The van der Waals surface area contributed by atoms with Crippen molar-refractivity contribution in [1.82, 2.24) is 0 Å². The highest BCUT2D eigenvalue weighted by Gasteiger charge is 1.99. The molecule has 0 atom stereocenters. The fourth-order valence-electron chi connectivity index (χ4n) is 1.18. The molecule has 0 heterocycles. The van der Waals surface area contributed by atoms with Crippen LogP contribution >= 0.6 is 11.8 Å². The zero-order chi connectivity index (χ0) is 10.9. The lowest BCUT2D eigenvalue weighted by Crippen LogP contribution is -2.00. The predicted molar refractivity (Wildman–Crippen MR) is 63.9 cm³/mol. The molecule has 0 aliphatic carbocycles. The van der Waals surface area contributed by atoms with Crippen molar-refractivity contribution in [1.29, 1.82) is 0 Å². The van der Waals surface area contributed by atoms with Gasteiger partial charge in [-0.05, 0) is 17.7 Å². The Bertz CT molecular complexity index is 285. The van der Waals surface area contributed by atoms with Crippen molar-refractivity contribution in [3.8, 4) is 0 Å². The van der Waals surface area contributed by atoms with E-state index in [9.17, 15) is 4.79 Å². The average molecular weight is 224 g/mol. The van der Waals surface area contributed by atoms with E-state index in [1.807, 2.05) is 30.0 Å². The first-order valence-corrected chi connectivity index (χ1v) is 6.17. The first-order valence-electron chi connectivity index (χ1n) is 5.01. The Labute approximate surface area is 95.0 Å². The summed E-state index contributed by atoms with van der Waals surface area (Å²) in [6.45, 7) is 0. The van der Waals surface area contributed by atoms with Gasteiger partial charge < -0.3 is 4.74 Å². The maximum atomic E-state index is 10.8. The molecule has 0 aromatic heterocycles. The highest BCUT2D eigenvalue weighted by molar-refractivity contribution is 7.98. The van der Waals surface area contributed by atoms with E-state index >= 15 is 0 Å². The minimum absolute atomic E-state index is 0.115. The molecule has 15 heavy (non-hydrogen) atoms. The number of carbonyl (C=O) groups excluding carboxylic acids is 1. The van der Waals surface area contributed by atoms with Crippen LogP contribution in [0.4, 0.5) is 0 Å². The molecule has 1 rings (SSSR count). The lowest BCUT2D eigenvalue weighted by Gasteiger charge is -2.01. The number of methoxy groups -OCH3 is 1. The summed E-state index contributed by atoms with van der Waals surface area (Å²) in [6, 6.07) is 10.3. The summed E-state index contributed by atoms with van der Waals surface area (Å²) in [5.74, 6) is 1.90. The minimum atomic E-state index is -0.115. The van der Waals surface area contributed by atoms with Crippen molar-refractivity contribution in [2.45, 2.75) is 18.6 Å². The molecular weight excluding hydrogens is 208 g/mol. The van der Waals surface area contributed by atoms with Crippen LogP contribution in [0.3, 0.4) is 0 Å². The zero-order valence-corrected chi connectivity index (χ0v) is 9.76. The summed E-state index contributed by atoms with van der Waals surface area (Å²) >= 11 is 1.85. The second-order valence-electron chi connectivity index (χ2n) is 3.22. The van der Waals surface area contributed by atoms with Crippen molar-refractivity contribution in [3.05, 3.63) is 35.9 Å². The number of hydrogen-bond donors (Lipinski definition) is 0. The van der Waals surface area contributed by atoms with Gasteiger partial charge in [-0.2, -0.15) is 11.8 Å². The van der Waals surface area contributed by atoms with E-state index < -0.39 is 0 Å². The van der Waals surface area contributed by atoms with E-state index in [2.05, 4.69) is 16.9 Å². The van der Waals surface area contributed by atoms with Crippen LogP contribution in [0.5, 0.6) is 0 Å². The van der Waals surface area contributed by atoms with Gasteiger partial charge in [0.1, 0.15) is 0 Å². The molecule has 0 aliphatic rings. The van der Waals surface area contributed by atoms with Crippen LogP contribution in [0.1, 0.15) is 18.4 Å². The Balaban J connectivity index is 2.05. The van der Waals surface area contributed by atoms with Crippen LogP contribution in [0.15, 0.2) is 30.3 Å². The van der Waals surface area contributed by atoms with Crippen LogP contribution < -0.4 is 0 Å². The van der Waals surface area contributed by atoms with Gasteiger partial charge in [0.25, 0.3) is 0 Å². The Morgan fingerprint density at radius 1 is 1.33 bits per heavy atom. The SMILES string of the molecule is COC(=O)CCCSCc1ccccc1. The lowest BCUT2D eigenvalue weighted by molar-refractivity contribution is -0.140. The Morgan fingerprint density at radius 3 is 2.73 bits per heavy atom. The Hall–Kier alpha value is -0.960. The monoisotopic (exact) mass is 224 g/mol. The summed E-state index contributed by atoms with van der Waals surface area (Å²) in [5.41, 5.74) is 1.33. The summed E-state index contributed by atoms with van der Waals surface area (Å²) < 4.78 is 4.57. The molecule has 0 bridgehead atoms. The summed E-state index contributed by atoms with van der Waals surface area (Å²) in [5, 5.41) is 0. The van der Waals surface area contributed by atoms with Gasteiger partial charge in [0.2, 0.25) is 0 Å². The molecular formula is C12H16O2S. The maximum absolute atomic E-state index is 10.8. The summed E-state index contributed by atoms with van der Waals surface area (Å²) in [6.07, 6.45) is 1.42. The van der Waals surface area contributed by atoms with E-state index in [1.54, 1.807) is 0 Å². The summed E-state index contributed by atoms with van der Waals surface area (Å²) in [4.78, 5) is 10.8. The number of hydrogen-bond acceptors (Lipinski definition) is 3. The fraction of sp³-hybridized carbons (Fsp3) is 0.417. The lowest BCUT2D eigenvalue weighted by atomic mass is 10.2. The van der Waals surface area contributed by atoms with E-state index in [1.165, 1.54) is 12.7 Å². The van der Waals surface area contributed by atoms with Crippen LogP contribution in [-0.4, -0.2) is 18.8 Å². The number of thioether (sulfide) groups is 1. The van der Waals surface area contributed by atoms with Crippen LogP contribution in [0.25, 0.3) is 0 Å². The largest absolute Gasteiger partial charge is 0.469 e. The van der Waals surface area contributed by atoms with Crippen LogP contribution in [0, 0.1) is 0 Å². The molecule has 0 spiro atoms. The molecule has 2 nitrogen and oxygen atoms in total. The first kappa shape index (κ1) is 12.1. The average Bonchev–Trinajstić information content (AvgIpc) is 2.29. The molecule has 0 fully saturated rings. The third-order valence-electron chi connectivity index (χ3n) is 2.01. The Morgan fingerprint density at radius 2 is 2.07 bits per heavy atom. The van der Waals surface area contributed by atoms with Gasteiger partial charge in [0.05, 0.1) is 7.11 Å². The molecule has 0 radical (unpaired) electrons. The molecule has 82 valence electrons. The van der Waals surface area contributed by atoms with Gasteiger partial charge in [-0.25, -0.2) is 0 Å². The van der Waals surface area contributed by atoms with E-state index in [0.717, 1.165) is 17.9 Å². The van der Waals surface area contributed by atoms with Gasteiger partial charge >= 0.3 is 5.97 Å². The van der Waals surface area contributed by atoms with Gasteiger partial charge in [-0.15, -0.1) is 0 Å². The smallest absolute Gasteiger partial charge is 0.305 e. The third kappa shape index (κ3) is 5.47. The molecule has 1 aromatic rings. The first-order chi connectivity index (χ1) is 7.33. The topological polar surface area (TPSA) is 26.3 Å². The molecule has 0 amide bonds. The summed E-state index contributed by atoms with van der Waals surface area (Å²) in [7, 11) is 1.43. The van der Waals surface area contributed by atoms with Crippen molar-refractivity contribution >= 4 is 17.7 Å². The van der Waals surface area contributed by atoms with E-state index in [0.29, 0.717) is 6.42 Å². The molecule has 1 aromatic carbocycles. The second-order valence-corrected chi connectivity index (χ2v) is 4.32. The highest BCUT2D eigenvalue weighted by Crippen LogP contribution is 2.13. The van der Waals surface area contributed by atoms with Crippen molar-refractivity contribution < 1.29 is 9.53 Å². The van der Waals surface area contributed by atoms with E-state index in [4.69, 9.17) is 0 Å².